The second-order valence-electron chi connectivity index (χ2n) is 3.50. The van der Waals surface area contributed by atoms with Gasteiger partial charge in [0.25, 0.3) is 0 Å². The second-order valence-corrected chi connectivity index (χ2v) is 3.50. The van der Waals surface area contributed by atoms with E-state index in [0.29, 0.717) is 0 Å². The van der Waals surface area contributed by atoms with Crippen LogP contribution in [-0.4, -0.2) is 34.5 Å². The Balaban J connectivity index is 2.85. The number of carbonyl (C=O) groups is 1. The summed E-state index contributed by atoms with van der Waals surface area (Å²) in [4.78, 5) is 10.3. The molecule has 94 valence electrons. The third-order valence-corrected chi connectivity index (χ3v) is 2.27. The monoisotopic (exact) mass is 244 g/mol. The van der Waals surface area contributed by atoms with Crippen molar-refractivity contribution >= 4 is 5.97 Å². The van der Waals surface area contributed by atoms with E-state index >= 15 is 0 Å². The normalized spacial score (nSPS) is 14.1. The molecule has 0 aliphatic rings. The molecular formula is C11H13FO5. The van der Waals surface area contributed by atoms with E-state index in [2.05, 4.69) is 0 Å². The summed E-state index contributed by atoms with van der Waals surface area (Å²) in [5.41, 5.74) is 0.0945. The predicted molar refractivity (Wildman–Crippen MR) is 56.2 cm³/mol. The van der Waals surface area contributed by atoms with Crippen LogP contribution in [0, 0.1) is 5.82 Å². The predicted octanol–water partition coefficient (Wildman–Crippen LogP) is 0.703. The summed E-state index contributed by atoms with van der Waals surface area (Å²) in [5, 5.41) is 27.4. The zero-order chi connectivity index (χ0) is 13.0. The van der Waals surface area contributed by atoms with Crippen LogP contribution in [0.2, 0.25) is 0 Å². The van der Waals surface area contributed by atoms with E-state index in [1.54, 1.807) is 0 Å². The summed E-state index contributed by atoms with van der Waals surface area (Å²) in [6.45, 7) is 0. The summed E-state index contributed by atoms with van der Waals surface area (Å²) < 4.78 is 18.0. The number of carboxylic acid groups (broad SMARTS) is 1. The highest BCUT2D eigenvalue weighted by atomic mass is 19.1. The molecule has 6 heteroatoms. The number of benzene rings is 1. The number of hydrogen-bond donors (Lipinski definition) is 3. The van der Waals surface area contributed by atoms with Gasteiger partial charge < -0.3 is 20.1 Å². The number of ether oxygens (including phenoxy) is 1. The lowest BCUT2D eigenvalue weighted by atomic mass is 10.0. The van der Waals surface area contributed by atoms with E-state index in [0.717, 1.165) is 6.07 Å². The molecule has 0 aromatic heterocycles. The topological polar surface area (TPSA) is 87.0 Å². The van der Waals surface area contributed by atoms with E-state index in [1.165, 1.54) is 19.2 Å². The molecule has 0 amide bonds. The van der Waals surface area contributed by atoms with Gasteiger partial charge in [0.15, 0.2) is 11.6 Å². The van der Waals surface area contributed by atoms with Gasteiger partial charge in [-0.05, 0) is 17.7 Å². The van der Waals surface area contributed by atoms with E-state index < -0.39 is 30.4 Å². The second kappa shape index (κ2) is 5.60. The van der Waals surface area contributed by atoms with Crippen molar-refractivity contribution in [3.05, 3.63) is 29.6 Å². The number of halogens is 1. The van der Waals surface area contributed by atoms with E-state index in [4.69, 9.17) is 9.84 Å². The molecule has 0 saturated carbocycles. The van der Waals surface area contributed by atoms with Gasteiger partial charge in [-0.2, -0.15) is 0 Å². The van der Waals surface area contributed by atoms with Crippen molar-refractivity contribution in [3.63, 3.8) is 0 Å². The van der Waals surface area contributed by atoms with Crippen molar-refractivity contribution < 1.29 is 29.2 Å². The molecule has 0 radical (unpaired) electrons. The van der Waals surface area contributed by atoms with E-state index in [1.807, 2.05) is 0 Å². The number of aliphatic hydroxyl groups excluding tert-OH is 2. The maximum Gasteiger partial charge on any atom is 0.306 e. The maximum atomic E-state index is 13.3. The Kier molecular flexibility index (Phi) is 4.42. The van der Waals surface area contributed by atoms with Crippen LogP contribution in [0.15, 0.2) is 18.2 Å². The Labute approximate surface area is 97.1 Å². The van der Waals surface area contributed by atoms with Crippen molar-refractivity contribution in [1.82, 2.24) is 0 Å². The number of methoxy groups -OCH3 is 1. The molecule has 0 aliphatic heterocycles. The zero-order valence-electron chi connectivity index (χ0n) is 9.13. The third kappa shape index (κ3) is 3.40. The van der Waals surface area contributed by atoms with Gasteiger partial charge in [0, 0.05) is 0 Å². The highest BCUT2D eigenvalue weighted by molar-refractivity contribution is 5.67. The minimum atomic E-state index is -1.49. The van der Waals surface area contributed by atoms with Crippen molar-refractivity contribution in [2.45, 2.75) is 18.6 Å². The molecule has 17 heavy (non-hydrogen) atoms. The first-order valence-corrected chi connectivity index (χ1v) is 4.87. The van der Waals surface area contributed by atoms with Crippen LogP contribution < -0.4 is 4.74 Å². The van der Waals surface area contributed by atoms with Crippen molar-refractivity contribution in [2.75, 3.05) is 7.11 Å². The Morgan fingerprint density at radius 2 is 2.12 bits per heavy atom. The van der Waals surface area contributed by atoms with Gasteiger partial charge in [-0.15, -0.1) is 0 Å². The highest BCUT2D eigenvalue weighted by Crippen LogP contribution is 2.24. The van der Waals surface area contributed by atoms with Gasteiger partial charge in [-0.3, -0.25) is 4.79 Å². The minimum absolute atomic E-state index is 0.00803. The van der Waals surface area contributed by atoms with Crippen molar-refractivity contribution in [2.24, 2.45) is 0 Å². The zero-order valence-corrected chi connectivity index (χ0v) is 9.13. The van der Waals surface area contributed by atoms with Gasteiger partial charge in [0.05, 0.1) is 19.6 Å². The Morgan fingerprint density at radius 3 is 2.59 bits per heavy atom. The molecule has 2 atom stereocenters. The fraction of sp³-hybridized carbons (Fsp3) is 0.364. The summed E-state index contributed by atoms with van der Waals surface area (Å²) in [6, 6.07) is 3.65. The molecule has 1 rings (SSSR count). The van der Waals surface area contributed by atoms with Gasteiger partial charge in [0.1, 0.15) is 6.10 Å². The lowest BCUT2D eigenvalue weighted by molar-refractivity contribution is -0.141. The SMILES string of the molecule is COc1ccc(C(O)C(O)CC(=O)O)cc1F. The van der Waals surface area contributed by atoms with Crippen LogP contribution in [-0.2, 0) is 4.79 Å². The molecule has 0 aliphatic carbocycles. The van der Waals surface area contributed by atoms with E-state index in [9.17, 15) is 19.4 Å². The first-order chi connectivity index (χ1) is 7.95. The molecule has 0 saturated heterocycles. The molecule has 5 nitrogen and oxygen atoms in total. The Morgan fingerprint density at radius 1 is 1.47 bits per heavy atom. The fourth-order valence-electron chi connectivity index (χ4n) is 1.38. The Hall–Kier alpha value is -1.66. The third-order valence-electron chi connectivity index (χ3n) is 2.27. The van der Waals surface area contributed by atoms with Crippen LogP contribution in [0.4, 0.5) is 4.39 Å². The molecule has 0 spiro atoms. The lowest BCUT2D eigenvalue weighted by Crippen LogP contribution is -2.21. The van der Waals surface area contributed by atoms with E-state index in [-0.39, 0.29) is 11.3 Å². The maximum absolute atomic E-state index is 13.3. The number of hydrogen-bond acceptors (Lipinski definition) is 4. The van der Waals surface area contributed by atoms with Crippen molar-refractivity contribution in [1.29, 1.82) is 0 Å². The number of rotatable bonds is 5. The number of aliphatic carboxylic acids is 1. The highest BCUT2D eigenvalue weighted by Gasteiger charge is 2.22. The Bertz CT molecular complexity index is 407. The standard InChI is InChI=1S/C11H13FO5/c1-17-9-3-2-6(4-7(9)12)11(16)8(13)5-10(14)15/h2-4,8,11,13,16H,5H2,1H3,(H,14,15). The van der Waals surface area contributed by atoms with Crippen molar-refractivity contribution in [3.8, 4) is 5.75 Å². The number of carboxylic acids is 1. The molecule has 1 aromatic carbocycles. The van der Waals surface area contributed by atoms with Gasteiger partial charge in [0.2, 0.25) is 0 Å². The first-order valence-electron chi connectivity index (χ1n) is 4.87. The van der Waals surface area contributed by atoms with Gasteiger partial charge in [-0.1, -0.05) is 6.07 Å². The number of aliphatic hydroxyl groups is 2. The lowest BCUT2D eigenvalue weighted by Gasteiger charge is -2.16. The van der Waals surface area contributed by atoms with Crippen LogP contribution in [0.1, 0.15) is 18.1 Å². The molecule has 3 N–H and O–H groups in total. The summed E-state index contributed by atoms with van der Waals surface area (Å²) >= 11 is 0. The summed E-state index contributed by atoms with van der Waals surface area (Å²) in [5.74, 6) is -1.93. The molecular weight excluding hydrogens is 231 g/mol. The first kappa shape index (κ1) is 13.4. The minimum Gasteiger partial charge on any atom is -0.494 e. The van der Waals surface area contributed by atoms with Crippen LogP contribution >= 0.6 is 0 Å². The molecule has 0 fully saturated rings. The molecule has 0 heterocycles. The van der Waals surface area contributed by atoms with Crippen LogP contribution in [0.5, 0.6) is 5.75 Å². The van der Waals surface area contributed by atoms with Crippen LogP contribution in [0.25, 0.3) is 0 Å². The quantitative estimate of drug-likeness (QED) is 0.709. The van der Waals surface area contributed by atoms with Crippen LogP contribution in [0.3, 0.4) is 0 Å². The fourth-order valence-corrected chi connectivity index (χ4v) is 1.38. The van der Waals surface area contributed by atoms with Gasteiger partial charge >= 0.3 is 5.97 Å². The average Bonchev–Trinajstić information content (AvgIpc) is 2.27. The smallest absolute Gasteiger partial charge is 0.306 e. The summed E-state index contributed by atoms with van der Waals surface area (Å²) in [7, 11) is 1.30. The summed E-state index contributed by atoms with van der Waals surface area (Å²) in [6.07, 6.45) is -3.55. The average molecular weight is 244 g/mol. The molecule has 1 aromatic rings. The molecule has 2 unspecified atom stereocenters. The molecule has 0 bridgehead atoms. The van der Waals surface area contributed by atoms with Gasteiger partial charge in [-0.25, -0.2) is 4.39 Å². The largest absolute Gasteiger partial charge is 0.494 e.